The number of hydrogen-bond acceptors (Lipinski definition) is 3. The zero-order valence-electron chi connectivity index (χ0n) is 7.66. The highest BCUT2D eigenvalue weighted by Crippen LogP contribution is 2.13. The average Bonchev–Trinajstić information content (AvgIpc) is 2.15. The minimum atomic E-state index is 0.299. The van der Waals surface area contributed by atoms with Crippen molar-refractivity contribution in [2.75, 3.05) is 18.4 Å². The fourth-order valence-electron chi connectivity index (χ4n) is 1.08. The van der Waals surface area contributed by atoms with Gasteiger partial charge in [-0.2, -0.15) is 0 Å². The molecule has 0 radical (unpaired) electrons. The molecule has 1 aromatic rings. The summed E-state index contributed by atoms with van der Waals surface area (Å²) in [6, 6.07) is 7.06. The van der Waals surface area contributed by atoms with E-state index in [4.69, 9.17) is 10.8 Å². The Balaban J connectivity index is 2.25. The van der Waals surface area contributed by atoms with Gasteiger partial charge in [0.15, 0.2) is 0 Å². The second kappa shape index (κ2) is 5.43. The van der Waals surface area contributed by atoms with Crippen molar-refractivity contribution >= 4 is 5.69 Å². The van der Waals surface area contributed by atoms with Crippen LogP contribution in [0, 0.1) is 0 Å². The lowest BCUT2D eigenvalue weighted by Gasteiger charge is -2.05. The monoisotopic (exact) mass is 180 g/mol. The van der Waals surface area contributed by atoms with E-state index < -0.39 is 0 Å². The van der Waals surface area contributed by atoms with Gasteiger partial charge < -0.3 is 16.2 Å². The molecule has 0 saturated carbocycles. The molecule has 0 unspecified atom stereocenters. The summed E-state index contributed by atoms with van der Waals surface area (Å²) in [5, 5.41) is 12.3. The predicted octanol–water partition coefficient (Wildman–Crippen LogP) is 1.54. The van der Waals surface area contributed by atoms with E-state index in [9.17, 15) is 0 Å². The molecule has 0 aliphatic rings. The van der Waals surface area contributed by atoms with Gasteiger partial charge in [-0.3, -0.25) is 0 Å². The van der Waals surface area contributed by atoms with Gasteiger partial charge in [0, 0.05) is 12.2 Å². The lowest BCUT2D eigenvalue weighted by atomic mass is 10.2. The third kappa shape index (κ3) is 3.80. The second-order valence-electron chi connectivity index (χ2n) is 2.97. The Kier molecular flexibility index (Phi) is 4.12. The van der Waals surface area contributed by atoms with Crippen LogP contribution >= 0.6 is 0 Å². The molecule has 3 heteroatoms. The molecule has 72 valence electrons. The first-order valence-corrected chi connectivity index (χ1v) is 4.56. The smallest absolute Gasteiger partial charge is 0.115 e. The van der Waals surface area contributed by atoms with Crippen molar-refractivity contribution in [3.05, 3.63) is 24.3 Å². The van der Waals surface area contributed by atoms with Crippen LogP contribution in [0.3, 0.4) is 0 Å². The summed E-state index contributed by atoms with van der Waals surface area (Å²) in [6.45, 7) is 1.68. The maximum Gasteiger partial charge on any atom is 0.115 e. The van der Waals surface area contributed by atoms with Crippen molar-refractivity contribution < 1.29 is 5.11 Å². The SMILES string of the molecule is NCCCCNc1ccc(O)cc1. The number of benzene rings is 1. The molecule has 0 bridgehead atoms. The number of nitrogens with one attached hydrogen (secondary N) is 1. The molecule has 3 nitrogen and oxygen atoms in total. The molecule has 0 spiro atoms. The van der Waals surface area contributed by atoms with E-state index in [1.54, 1.807) is 12.1 Å². The molecule has 0 aromatic heterocycles. The van der Waals surface area contributed by atoms with Crippen LogP contribution in [-0.4, -0.2) is 18.2 Å². The van der Waals surface area contributed by atoms with Gasteiger partial charge in [-0.1, -0.05) is 0 Å². The van der Waals surface area contributed by atoms with Crippen molar-refractivity contribution in [1.82, 2.24) is 0 Å². The van der Waals surface area contributed by atoms with E-state index in [1.165, 1.54) is 0 Å². The summed E-state index contributed by atoms with van der Waals surface area (Å²) in [4.78, 5) is 0. The Morgan fingerprint density at radius 1 is 1.15 bits per heavy atom. The molecule has 13 heavy (non-hydrogen) atoms. The Morgan fingerprint density at radius 2 is 1.85 bits per heavy atom. The number of anilines is 1. The second-order valence-corrected chi connectivity index (χ2v) is 2.97. The lowest BCUT2D eigenvalue weighted by Crippen LogP contribution is -2.05. The van der Waals surface area contributed by atoms with Gasteiger partial charge in [-0.05, 0) is 43.7 Å². The highest BCUT2D eigenvalue weighted by molar-refractivity contribution is 5.45. The maximum atomic E-state index is 9.02. The van der Waals surface area contributed by atoms with Gasteiger partial charge in [-0.25, -0.2) is 0 Å². The van der Waals surface area contributed by atoms with Gasteiger partial charge >= 0.3 is 0 Å². The summed E-state index contributed by atoms with van der Waals surface area (Å²) in [5.41, 5.74) is 6.40. The van der Waals surface area contributed by atoms with E-state index in [1.807, 2.05) is 12.1 Å². The van der Waals surface area contributed by atoms with Gasteiger partial charge in [0.2, 0.25) is 0 Å². The summed E-state index contributed by atoms with van der Waals surface area (Å²) >= 11 is 0. The number of nitrogens with two attached hydrogens (primary N) is 1. The zero-order valence-corrected chi connectivity index (χ0v) is 7.66. The molecule has 0 amide bonds. The number of phenolic OH excluding ortho intramolecular Hbond substituents is 1. The van der Waals surface area contributed by atoms with Crippen LogP contribution in [0.4, 0.5) is 5.69 Å². The summed E-state index contributed by atoms with van der Waals surface area (Å²) < 4.78 is 0. The minimum Gasteiger partial charge on any atom is -0.508 e. The third-order valence-corrected chi connectivity index (χ3v) is 1.83. The molecule has 0 saturated heterocycles. The molecular weight excluding hydrogens is 164 g/mol. The Morgan fingerprint density at radius 3 is 2.46 bits per heavy atom. The van der Waals surface area contributed by atoms with Gasteiger partial charge in [-0.15, -0.1) is 0 Å². The standard InChI is InChI=1S/C10H16N2O/c11-7-1-2-8-12-9-3-5-10(13)6-4-9/h3-6,12-13H,1-2,7-8,11H2. The fraction of sp³-hybridized carbons (Fsp3) is 0.400. The van der Waals surface area contributed by atoms with Crippen LogP contribution in [0.25, 0.3) is 0 Å². The normalized spacial score (nSPS) is 9.92. The molecular formula is C10H16N2O. The van der Waals surface area contributed by atoms with Crippen LogP contribution < -0.4 is 11.1 Å². The first kappa shape index (κ1) is 9.86. The Hall–Kier alpha value is -1.22. The molecule has 0 heterocycles. The van der Waals surface area contributed by atoms with Crippen molar-refractivity contribution in [1.29, 1.82) is 0 Å². The van der Waals surface area contributed by atoms with Crippen molar-refractivity contribution in [2.45, 2.75) is 12.8 Å². The van der Waals surface area contributed by atoms with E-state index in [0.29, 0.717) is 5.75 Å². The first-order chi connectivity index (χ1) is 6.33. The summed E-state index contributed by atoms with van der Waals surface area (Å²) in [5.74, 6) is 0.299. The molecule has 0 fully saturated rings. The molecule has 1 rings (SSSR count). The topological polar surface area (TPSA) is 58.3 Å². The first-order valence-electron chi connectivity index (χ1n) is 4.56. The van der Waals surface area contributed by atoms with E-state index in [2.05, 4.69) is 5.32 Å². The van der Waals surface area contributed by atoms with E-state index in [0.717, 1.165) is 31.6 Å². The van der Waals surface area contributed by atoms with Crippen LogP contribution in [0.2, 0.25) is 0 Å². The van der Waals surface area contributed by atoms with Crippen LogP contribution in [0.5, 0.6) is 5.75 Å². The number of rotatable bonds is 5. The fourth-order valence-corrected chi connectivity index (χ4v) is 1.08. The molecule has 0 aliphatic heterocycles. The van der Waals surface area contributed by atoms with Crippen LogP contribution in [0.1, 0.15) is 12.8 Å². The predicted molar refractivity (Wildman–Crippen MR) is 54.9 cm³/mol. The summed E-state index contributed by atoms with van der Waals surface area (Å²) in [6.07, 6.45) is 2.13. The molecule has 1 aromatic carbocycles. The zero-order chi connectivity index (χ0) is 9.52. The Bertz CT molecular complexity index is 233. The lowest BCUT2D eigenvalue weighted by molar-refractivity contribution is 0.475. The number of aromatic hydroxyl groups is 1. The highest BCUT2D eigenvalue weighted by atomic mass is 16.3. The maximum absolute atomic E-state index is 9.02. The molecule has 0 atom stereocenters. The van der Waals surface area contributed by atoms with Crippen molar-refractivity contribution in [3.63, 3.8) is 0 Å². The van der Waals surface area contributed by atoms with E-state index >= 15 is 0 Å². The van der Waals surface area contributed by atoms with Gasteiger partial charge in [0.25, 0.3) is 0 Å². The summed E-state index contributed by atoms with van der Waals surface area (Å²) in [7, 11) is 0. The number of unbranched alkanes of at least 4 members (excludes halogenated alkanes) is 1. The van der Waals surface area contributed by atoms with Crippen LogP contribution in [0.15, 0.2) is 24.3 Å². The largest absolute Gasteiger partial charge is 0.508 e. The minimum absolute atomic E-state index is 0.299. The molecule has 0 aliphatic carbocycles. The van der Waals surface area contributed by atoms with Gasteiger partial charge in [0.1, 0.15) is 5.75 Å². The quantitative estimate of drug-likeness (QED) is 0.476. The van der Waals surface area contributed by atoms with Crippen LogP contribution in [-0.2, 0) is 0 Å². The number of hydrogen-bond donors (Lipinski definition) is 3. The third-order valence-electron chi connectivity index (χ3n) is 1.83. The van der Waals surface area contributed by atoms with Gasteiger partial charge in [0.05, 0.1) is 0 Å². The molecule has 4 N–H and O–H groups in total. The Labute approximate surface area is 78.6 Å². The van der Waals surface area contributed by atoms with Crippen molar-refractivity contribution in [3.8, 4) is 5.75 Å². The van der Waals surface area contributed by atoms with E-state index in [-0.39, 0.29) is 0 Å². The van der Waals surface area contributed by atoms with Crippen molar-refractivity contribution in [2.24, 2.45) is 5.73 Å². The highest BCUT2D eigenvalue weighted by Gasteiger charge is 1.91. The number of phenols is 1. The average molecular weight is 180 g/mol.